The summed E-state index contributed by atoms with van der Waals surface area (Å²) in [6, 6.07) is 0. The van der Waals surface area contributed by atoms with E-state index in [1.165, 1.54) is 0 Å². The molecular formula is C6H15NO. The van der Waals surface area contributed by atoms with Crippen LogP contribution in [0.2, 0.25) is 0 Å². The number of hydrogen-bond acceptors (Lipinski definition) is 2. The Morgan fingerprint density at radius 2 is 2.25 bits per heavy atom. The van der Waals surface area contributed by atoms with E-state index in [9.17, 15) is 0 Å². The molecule has 0 saturated heterocycles. The van der Waals surface area contributed by atoms with E-state index in [1.807, 2.05) is 7.05 Å². The molecule has 0 aromatic rings. The van der Waals surface area contributed by atoms with Gasteiger partial charge in [0.1, 0.15) is 0 Å². The lowest BCUT2D eigenvalue weighted by Gasteiger charge is -2.08. The Kier molecular flexibility index (Phi) is 5.01. The first-order chi connectivity index (χ1) is 3.81. The third kappa shape index (κ3) is 4.09. The third-order valence-electron chi connectivity index (χ3n) is 1.09. The van der Waals surface area contributed by atoms with Crippen LogP contribution >= 0.6 is 0 Å². The molecule has 50 valence electrons. The molecule has 0 aliphatic rings. The first-order valence-corrected chi connectivity index (χ1v) is 3.07. The van der Waals surface area contributed by atoms with Crippen molar-refractivity contribution in [3.8, 4) is 0 Å². The molecule has 0 saturated carbocycles. The molecule has 1 N–H and O–H groups in total. The number of hydrogen-bond donors (Lipinski definition) is 1. The van der Waals surface area contributed by atoms with E-state index in [0.29, 0.717) is 12.8 Å². The summed E-state index contributed by atoms with van der Waals surface area (Å²) in [4.78, 5) is 0. The first-order valence-electron chi connectivity index (χ1n) is 3.07. The Morgan fingerprint density at radius 3 is 2.62 bits per heavy atom. The van der Waals surface area contributed by atoms with Crippen molar-refractivity contribution in [2.75, 3.05) is 13.8 Å². The number of rotatable bonds is 4. The van der Waals surface area contributed by atoms with Gasteiger partial charge in [0.05, 0.1) is 12.8 Å². The fourth-order valence-electron chi connectivity index (χ4n) is 0.343. The Morgan fingerprint density at radius 1 is 1.62 bits per heavy atom. The SMILES string of the molecule is CCC(C)OCNC. The molecule has 0 aromatic heterocycles. The second-order valence-electron chi connectivity index (χ2n) is 1.88. The van der Waals surface area contributed by atoms with Gasteiger partial charge in [-0.3, -0.25) is 5.32 Å². The average Bonchev–Trinajstić information content (AvgIpc) is 1.83. The van der Waals surface area contributed by atoms with Crippen LogP contribution in [0.25, 0.3) is 0 Å². The minimum absolute atomic E-state index is 0.391. The summed E-state index contributed by atoms with van der Waals surface area (Å²) in [7, 11) is 1.88. The fraction of sp³-hybridized carbons (Fsp3) is 1.00. The van der Waals surface area contributed by atoms with Crippen molar-refractivity contribution in [1.29, 1.82) is 0 Å². The molecule has 8 heavy (non-hydrogen) atoms. The minimum atomic E-state index is 0.391. The topological polar surface area (TPSA) is 21.3 Å². The predicted octanol–water partition coefficient (Wildman–Crippen LogP) is 0.978. The van der Waals surface area contributed by atoms with Crippen LogP contribution < -0.4 is 5.32 Å². The minimum Gasteiger partial charge on any atom is -0.363 e. The van der Waals surface area contributed by atoms with Gasteiger partial charge in [-0.25, -0.2) is 0 Å². The van der Waals surface area contributed by atoms with Gasteiger partial charge in [0, 0.05) is 0 Å². The van der Waals surface area contributed by atoms with Crippen LogP contribution in [-0.4, -0.2) is 19.9 Å². The summed E-state index contributed by atoms with van der Waals surface area (Å²) < 4.78 is 5.23. The van der Waals surface area contributed by atoms with E-state index in [4.69, 9.17) is 4.74 Å². The Labute approximate surface area is 51.2 Å². The normalized spacial score (nSPS) is 13.9. The summed E-state index contributed by atoms with van der Waals surface area (Å²) in [6.45, 7) is 4.84. The molecule has 1 atom stereocenters. The van der Waals surface area contributed by atoms with Crippen molar-refractivity contribution < 1.29 is 4.74 Å². The molecule has 2 heteroatoms. The monoisotopic (exact) mass is 117 g/mol. The highest BCUT2D eigenvalue weighted by Crippen LogP contribution is 1.92. The Hall–Kier alpha value is -0.0800. The molecule has 0 aliphatic carbocycles. The summed E-state index contributed by atoms with van der Waals surface area (Å²) in [5.74, 6) is 0. The van der Waals surface area contributed by atoms with Crippen LogP contribution in [0.15, 0.2) is 0 Å². The first kappa shape index (κ1) is 7.92. The summed E-state index contributed by atoms with van der Waals surface area (Å²) in [6.07, 6.45) is 1.48. The molecule has 1 unspecified atom stereocenters. The predicted molar refractivity (Wildman–Crippen MR) is 34.8 cm³/mol. The fourth-order valence-corrected chi connectivity index (χ4v) is 0.343. The molecule has 0 amide bonds. The van der Waals surface area contributed by atoms with Crippen molar-refractivity contribution >= 4 is 0 Å². The quantitative estimate of drug-likeness (QED) is 0.554. The van der Waals surface area contributed by atoms with E-state index < -0.39 is 0 Å². The van der Waals surface area contributed by atoms with Crippen molar-refractivity contribution in [3.05, 3.63) is 0 Å². The van der Waals surface area contributed by atoms with E-state index in [-0.39, 0.29) is 0 Å². The molecule has 0 fully saturated rings. The lowest BCUT2D eigenvalue weighted by atomic mass is 10.3. The van der Waals surface area contributed by atoms with Gasteiger partial charge in [-0.1, -0.05) is 6.92 Å². The van der Waals surface area contributed by atoms with E-state index in [2.05, 4.69) is 19.2 Å². The number of nitrogens with one attached hydrogen (secondary N) is 1. The lowest BCUT2D eigenvalue weighted by molar-refractivity contribution is 0.0541. The second kappa shape index (κ2) is 5.06. The molecule has 2 nitrogen and oxygen atoms in total. The van der Waals surface area contributed by atoms with Gasteiger partial charge in [0.2, 0.25) is 0 Å². The molecule has 0 aliphatic heterocycles. The van der Waals surface area contributed by atoms with Gasteiger partial charge in [0.25, 0.3) is 0 Å². The Balaban J connectivity index is 2.86. The van der Waals surface area contributed by atoms with Gasteiger partial charge in [-0.2, -0.15) is 0 Å². The van der Waals surface area contributed by atoms with Crippen molar-refractivity contribution in [2.45, 2.75) is 26.4 Å². The van der Waals surface area contributed by atoms with Crippen LogP contribution in [0, 0.1) is 0 Å². The lowest BCUT2D eigenvalue weighted by Crippen LogP contribution is -2.17. The zero-order chi connectivity index (χ0) is 6.41. The van der Waals surface area contributed by atoms with Crippen LogP contribution in [0.5, 0.6) is 0 Å². The Bertz CT molecular complexity index is 47.8. The third-order valence-corrected chi connectivity index (χ3v) is 1.09. The van der Waals surface area contributed by atoms with Crippen molar-refractivity contribution in [2.24, 2.45) is 0 Å². The summed E-state index contributed by atoms with van der Waals surface area (Å²) >= 11 is 0. The van der Waals surface area contributed by atoms with Crippen molar-refractivity contribution in [1.82, 2.24) is 5.32 Å². The van der Waals surface area contributed by atoms with Gasteiger partial charge in [-0.15, -0.1) is 0 Å². The molecule has 0 spiro atoms. The molecule has 0 rings (SSSR count). The molecule has 0 heterocycles. The zero-order valence-electron chi connectivity index (χ0n) is 5.90. The highest BCUT2D eigenvalue weighted by atomic mass is 16.5. The second-order valence-corrected chi connectivity index (χ2v) is 1.88. The maximum Gasteiger partial charge on any atom is 0.0966 e. The smallest absolute Gasteiger partial charge is 0.0966 e. The standard InChI is InChI=1S/C6H15NO/c1-4-6(2)8-5-7-3/h6-7H,4-5H2,1-3H3. The molecular weight excluding hydrogens is 102 g/mol. The molecule has 0 bridgehead atoms. The van der Waals surface area contributed by atoms with E-state index in [1.54, 1.807) is 0 Å². The van der Waals surface area contributed by atoms with Gasteiger partial charge < -0.3 is 4.74 Å². The summed E-state index contributed by atoms with van der Waals surface area (Å²) in [5.41, 5.74) is 0. The molecule has 0 radical (unpaired) electrons. The largest absolute Gasteiger partial charge is 0.363 e. The molecule has 0 aromatic carbocycles. The van der Waals surface area contributed by atoms with Crippen LogP contribution in [-0.2, 0) is 4.74 Å². The highest BCUT2D eigenvalue weighted by Gasteiger charge is 1.93. The maximum atomic E-state index is 5.23. The van der Waals surface area contributed by atoms with Crippen LogP contribution in [0.1, 0.15) is 20.3 Å². The highest BCUT2D eigenvalue weighted by molar-refractivity contribution is 4.41. The van der Waals surface area contributed by atoms with Gasteiger partial charge >= 0.3 is 0 Å². The maximum absolute atomic E-state index is 5.23. The number of ether oxygens (including phenoxy) is 1. The van der Waals surface area contributed by atoms with Gasteiger partial charge in [-0.05, 0) is 20.4 Å². The zero-order valence-corrected chi connectivity index (χ0v) is 5.90. The van der Waals surface area contributed by atoms with Crippen molar-refractivity contribution in [3.63, 3.8) is 0 Å². The summed E-state index contributed by atoms with van der Waals surface area (Å²) in [5, 5.41) is 2.91. The van der Waals surface area contributed by atoms with Gasteiger partial charge in [0.15, 0.2) is 0 Å². The van der Waals surface area contributed by atoms with E-state index >= 15 is 0 Å². The average molecular weight is 117 g/mol. The van der Waals surface area contributed by atoms with E-state index in [0.717, 1.165) is 6.42 Å². The van der Waals surface area contributed by atoms with Crippen LogP contribution in [0.4, 0.5) is 0 Å². The van der Waals surface area contributed by atoms with Crippen LogP contribution in [0.3, 0.4) is 0 Å².